The second kappa shape index (κ2) is 8.15. The molecular weight excluding hydrogens is 307 g/mol. The molecule has 0 amide bonds. The molecule has 4 heteroatoms. The zero-order chi connectivity index (χ0) is 17.8. The zero-order valence-corrected chi connectivity index (χ0v) is 16.4. The highest BCUT2D eigenvalue weighted by molar-refractivity contribution is 7.62. The lowest BCUT2D eigenvalue weighted by Crippen LogP contribution is -2.20. The first-order chi connectivity index (χ1) is 10.5. The van der Waals surface area contributed by atoms with Gasteiger partial charge in [-0.1, -0.05) is 52.8 Å². The van der Waals surface area contributed by atoms with Gasteiger partial charge in [0.05, 0.1) is 13.1 Å². The molecular formula is C19H31O3P. The Labute approximate surface area is 141 Å². The van der Waals surface area contributed by atoms with Gasteiger partial charge in [-0.25, -0.2) is 0 Å². The van der Waals surface area contributed by atoms with Crippen molar-refractivity contribution in [3.05, 3.63) is 29.3 Å². The van der Waals surface area contributed by atoms with Crippen LogP contribution in [0.15, 0.2) is 18.2 Å². The summed E-state index contributed by atoms with van der Waals surface area (Å²) in [5.41, 5.74) is 2.13. The summed E-state index contributed by atoms with van der Waals surface area (Å²) < 4.78 is 17.6. The maximum absolute atomic E-state index is 12.5. The third kappa shape index (κ3) is 6.14. The van der Waals surface area contributed by atoms with E-state index in [9.17, 15) is 9.36 Å². The van der Waals surface area contributed by atoms with E-state index in [-0.39, 0.29) is 11.9 Å². The van der Waals surface area contributed by atoms with Crippen LogP contribution in [0.25, 0.3) is 0 Å². The molecule has 0 radical (unpaired) electrons. The van der Waals surface area contributed by atoms with Crippen LogP contribution < -0.4 is 4.74 Å². The first-order valence-electron chi connectivity index (χ1n) is 8.41. The van der Waals surface area contributed by atoms with Crippen LogP contribution in [0.2, 0.25) is 0 Å². The van der Waals surface area contributed by atoms with Crippen molar-refractivity contribution in [2.24, 2.45) is 5.92 Å². The van der Waals surface area contributed by atoms with E-state index in [2.05, 4.69) is 27.7 Å². The van der Waals surface area contributed by atoms with Gasteiger partial charge in [0, 0.05) is 6.16 Å². The summed E-state index contributed by atoms with van der Waals surface area (Å²) in [5.74, 6) is 0.819. The number of rotatable bonds is 7. The minimum absolute atomic E-state index is 0.228. The fraction of sp³-hybridized carbons (Fsp3) is 0.632. The van der Waals surface area contributed by atoms with Gasteiger partial charge in [-0.15, -0.1) is 0 Å². The highest BCUT2D eigenvalue weighted by Gasteiger charge is 2.22. The van der Waals surface area contributed by atoms with Crippen molar-refractivity contribution < 1.29 is 14.1 Å². The highest BCUT2D eigenvalue weighted by atomic mass is 31.2. The monoisotopic (exact) mass is 338 g/mol. The Bertz CT molecular complexity index is 558. The lowest BCUT2D eigenvalue weighted by atomic mass is 9.94. The van der Waals surface area contributed by atoms with Crippen LogP contribution in [0.1, 0.15) is 64.0 Å². The minimum Gasteiger partial charge on any atom is -0.426 e. The zero-order valence-electron chi connectivity index (χ0n) is 15.6. The van der Waals surface area contributed by atoms with E-state index in [1.807, 2.05) is 25.1 Å². The van der Waals surface area contributed by atoms with Crippen molar-refractivity contribution in [3.8, 4) is 5.75 Å². The van der Waals surface area contributed by atoms with Crippen molar-refractivity contribution in [2.45, 2.75) is 52.9 Å². The molecule has 0 aliphatic rings. The maximum atomic E-state index is 12.5. The number of ether oxygens (including phenoxy) is 1. The number of hydrogen-bond donors (Lipinski definition) is 0. The molecule has 130 valence electrons. The first kappa shape index (κ1) is 20.0. The standard InChI is InChI=1S/C19H31O3P/c1-13(2)16-9-8-10-17(14(3)4)18(16)22-19(20)15(5)11-12-23(6,7)21/h8-10,13-15H,11-12H2,1-7H3. The summed E-state index contributed by atoms with van der Waals surface area (Å²) in [5, 5.41) is 0. The Morgan fingerprint density at radius 3 is 1.91 bits per heavy atom. The second-order valence-corrected chi connectivity index (χ2v) is 11.1. The van der Waals surface area contributed by atoms with Gasteiger partial charge in [0.25, 0.3) is 0 Å². The normalized spacial score (nSPS) is 13.4. The van der Waals surface area contributed by atoms with Gasteiger partial charge in [0.15, 0.2) is 0 Å². The van der Waals surface area contributed by atoms with E-state index in [4.69, 9.17) is 4.74 Å². The number of hydrogen-bond acceptors (Lipinski definition) is 3. The van der Waals surface area contributed by atoms with E-state index in [1.54, 1.807) is 13.3 Å². The van der Waals surface area contributed by atoms with Gasteiger partial charge >= 0.3 is 5.97 Å². The maximum Gasteiger partial charge on any atom is 0.314 e. The Morgan fingerprint density at radius 2 is 1.52 bits per heavy atom. The largest absolute Gasteiger partial charge is 0.426 e. The second-order valence-electron chi connectivity index (χ2n) is 7.48. The van der Waals surface area contributed by atoms with Gasteiger partial charge in [-0.2, -0.15) is 0 Å². The van der Waals surface area contributed by atoms with E-state index in [0.717, 1.165) is 11.1 Å². The molecule has 23 heavy (non-hydrogen) atoms. The number of carbonyl (C=O) groups excluding carboxylic acids is 1. The van der Waals surface area contributed by atoms with Crippen molar-refractivity contribution in [3.63, 3.8) is 0 Å². The van der Waals surface area contributed by atoms with Crippen molar-refractivity contribution in [2.75, 3.05) is 19.5 Å². The summed E-state index contributed by atoms with van der Waals surface area (Å²) >= 11 is 0. The topological polar surface area (TPSA) is 43.4 Å². The Morgan fingerprint density at radius 1 is 1.04 bits per heavy atom. The van der Waals surface area contributed by atoms with Gasteiger partial charge in [0.2, 0.25) is 0 Å². The molecule has 0 aliphatic carbocycles. The van der Waals surface area contributed by atoms with Crippen LogP contribution in [-0.2, 0) is 9.36 Å². The molecule has 0 saturated heterocycles. The SMILES string of the molecule is CC(CCP(C)(C)=O)C(=O)Oc1c(C(C)C)cccc1C(C)C. The summed E-state index contributed by atoms with van der Waals surface area (Å²) in [6, 6.07) is 6.07. The molecule has 0 N–H and O–H groups in total. The van der Waals surface area contributed by atoms with Crippen molar-refractivity contribution >= 4 is 13.1 Å². The lowest BCUT2D eigenvalue weighted by Gasteiger charge is -2.20. The molecule has 1 aromatic rings. The highest BCUT2D eigenvalue weighted by Crippen LogP contribution is 2.38. The van der Waals surface area contributed by atoms with Crippen LogP contribution >= 0.6 is 7.14 Å². The summed E-state index contributed by atoms with van der Waals surface area (Å²) in [7, 11) is -2.10. The van der Waals surface area contributed by atoms with E-state index >= 15 is 0 Å². The van der Waals surface area contributed by atoms with Gasteiger partial charge < -0.3 is 9.30 Å². The van der Waals surface area contributed by atoms with Crippen molar-refractivity contribution in [1.82, 2.24) is 0 Å². The predicted octanol–water partition coefficient (Wildman–Crippen LogP) is 5.49. The van der Waals surface area contributed by atoms with Crippen LogP contribution in [0.5, 0.6) is 5.75 Å². The third-order valence-corrected chi connectivity index (χ3v) is 5.36. The summed E-state index contributed by atoms with van der Waals surface area (Å²) in [4.78, 5) is 12.5. The lowest BCUT2D eigenvalue weighted by molar-refractivity contribution is -0.138. The number of para-hydroxylation sites is 1. The van der Waals surface area contributed by atoms with Gasteiger partial charge in [-0.05, 0) is 42.7 Å². The van der Waals surface area contributed by atoms with E-state index in [1.165, 1.54) is 0 Å². The third-order valence-electron chi connectivity index (χ3n) is 4.03. The Kier molecular flexibility index (Phi) is 7.07. The Hall–Kier alpha value is -1.08. The fourth-order valence-corrected chi connectivity index (χ4v) is 3.43. The molecule has 0 bridgehead atoms. The smallest absolute Gasteiger partial charge is 0.314 e. The molecule has 0 fully saturated rings. The number of carbonyl (C=O) groups is 1. The molecule has 1 unspecified atom stereocenters. The van der Waals surface area contributed by atoms with E-state index < -0.39 is 7.14 Å². The molecule has 3 nitrogen and oxygen atoms in total. The van der Waals surface area contributed by atoms with Crippen LogP contribution in [0.4, 0.5) is 0 Å². The fourth-order valence-electron chi connectivity index (χ4n) is 2.42. The quantitative estimate of drug-likeness (QED) is 0.375. The molecule has 0 aromatic heterocycles. The summed E-state index contributed by atoms with van der Waals surface area (Å²) in [6.45, 7) is 13.8. The van der Waals surface area contributed by atoms with Crippen LogP contribution in [0.3, 0.4) is 0 Å². The number of esters is 1. The summed E-state index contributed by atoms with van der Waals surface area (Å²) in [6.07, 6.45) is 1.18. The predicted molar refractivity (Wildman–Crippen MR) is 98.4 cm³/mol. The molecule has 0 heterocycles. The molecule has 0 saturated carbocycles. The average Bonchev–Trinajstić information content (AvgIpc) is 2.43. The average molecular weight is 338 g/mol. The van der Waals surface area contributed by atoms with Crippen LogP contribution in [0, 0.1) is 5.92 Å². The van der Waals surface area contributed by atoms with Gasteiger partial charge in [0.1, 0.15) is 5.75 Å². The first-order valence-corrected chi connectivity index (χ1v) is 11.2. The number of benzene rings is 1. The molecule has 1 aromatic carbocycles. The Balaban J connectivity index is 2.98. The molecule has 1 atom stereocenters. The molecule has 0 aliphatic heterocycles. The molecule has 0 spiro atoms. The minimum atomic E-state index is -2.10. The van der Waals surface area contributed by atoms with Crippen molar-refractivity contribution in [1.29, 1.82) is 0 Å². The van der Waals surface area contributed by atoms with E-state index in [0.29, 0.717) is 30.2 Å². The van der Waals surface area contributed by atoms with Crippen LogP contribution in [-0.4, -0.2) is 25.5 Å². The van der Waals surface area contributed by atoms with Gasteiger partial charge in [-0.3, -0.25) is 4.79 Å². The molecule has 1 rings (SSSR count).